The van der Waals surface area contributed by atoms with Crippen LogP contribution in [0.15, 0.2) is 24.3 Å². The number of amides is 1. The monoisotopic (exact) mass is 398 g/mol. The van der Waals surface area contributed by atoms with E-state index in [2.05, 4.69) is 15.4 Å². The maximum absolute atomic E-state index is 12.7. The first-order valence-corrected chi connectivity index (χ1v) is 9.86. The Morgan fingerprint density at radius 1 is 1.10 bits per heavy atom. The predicted octanol–water partition coefficient (Wildman–Crippen LogP) is 0.198. The fourth-order valence-corrected chi connectivity index (χ4v) is 4.25. The largest absolute Gasteiger partial charge is 0.450 e. The first-order valence-electron chi connectivity index (χ1n) is 9.86. The molecule has 5 rings (SSSR count). The molecular weight excluding hydrogens is 376 g/mol. The van der Waals surface area contributed by atoms with Gasteiger partial charge in [-0.25, -0.2) is 4.79 Å². The highest BCUT2D eigenvalue weighted by Crippen LogP contribution is 2.43. The van der Waals surface area contributed by atoms with E-state index in [1.165, 1.54) is 4.80 Å². The number of esters is 1. The normalized spacial score (nSPS) is 20.6. The van der Waals surface area contributed by atoms with Gasteiger partial charge < -0.3 is 19.3 Å². The lowest BCUT2D eigenvalue weighted by molar-refractivity contribution is -0.136. The second-order valence-corrected chi connectivity index (χ2v) is 7.53. The summed E-state index contributed by atoms with van der Waals surface area (Å²) < 4.78 is 11.1. The number of hydrogen-bond acceptors (Lipinski definition) is 8. The third-order valence-corrected chi connectivity index (χ3v) is 5.86. The number of morpholine rings is 1. The molecule has 10 heteroatoms. The summed E-state index contributed by atoms with van der Waals surface area (Å²) in [7, 11) is 0. The molecule has 29 heavy (non-hydrogen) atoms. The van der Waals surface area contributed by atoms with Crippen molar-refractivity contribution < 1.29 is 19.1 Å². The Bertz CT molecular complexity index is 930. The molecule has 10 nitrogen and oxygen atoms in total. The highest BCUT2D eigenvalue weighted by molar-refractivity contribution is 5.94. The Kier molecular flexibility index (Phi) is 4.42. The number of rotatable bonds is 3. The number of likely N-dealkylation sites (tertiary alicyclic amines) is 1. The number of carbonyl (C=O) groups excluding carboxylic acids is 2. The van der Waals surface area contributed by atoms with Crippen molar-refractivity contribution in [2.45, 2.75) is 25.0 Å². The number of ether oxygens (including phenoxy) is 2. The molecule has 1 aromatic heterocycles. The molecule has 0 bridgehead atoms. The summed E-state index contributed by atoms with van der Waals surface area (Å²) in [6.07, 6.45) is 1.18. The molecule has 3 aliphatic heterocycles. The summed E-state index contributed by atoms with van der Waals surface area (Å²) >= 11 is 0. The third-order valence-electron chi connectivity index (χ3n) is 5.86. The van der Waals surface area contributed by atoms with Gasteiger partial charge in [0.05, 0.1) is 18.8 Å². The summed E-state index contributed by atoms with van der Waals surface area (Å²) in [5.41, 5.74) is 0.958. The number of piperidine rings is 1. The topological polar surface area (TPSA) is 103 Å². The van der Waals surface area contributed by atoms with Crippen LogP contribution in [0.25, 0.3) is 0 Å². The first kappa shape index (κ1) is 18.0. The zero-order chi connectivity index (χ0) is 19.8. The quantitative estimate of drug-likeness (QED) is 0.676. The van der Waals surface area contributed by atoms with Crippen molar-refractivity contribution in [2.75, 3.05) is 44.3 Å². The zero-order valence-corrected chi connectivity index (χ0v) is 16.0. The molecule has 1 amide bonds. The SMILES string of the molecule is O=C1OC2(CCN(C(=O)Cn3nnc(N4CCOCC4)n3)CC2)c2ccccc21. The molecule has 0 N–H and O–H groups in total. The fraction of sp³-hybridized carbons (Fsp3) is 0.526. The van der Waals surface area contributed by atoms with Crippen molar-refractivity contribution in [3.63, 3.8) is 0 Å². The van der Waals surface area contributed by atoms with E-state index in [9.17, 15) is 9.59 Å². The van der Waals surface area contributed by atoms with Crippen molar-refractivity contribution in [3.05, 3.63) is 35.4 Å². The molecule has 0 unspecified atom stereocenters. The Labute approximate surface area is 167 Å². The summed E-state index contributed by atoms with van der Waals surface area (Å²) in [4.78, 5) is 30.0. The Morgan fingerprint density at radius 3 is 2.66 bits per heavy atom. The van der Waals surface area contributed by atoms with Crippen LogP contribution in [0.3, 0.4) is 0 Å². The number of tetrazole rings is 1. The van der Waals surface area contributed by atoms with Crippen LogP contribution in [0.4, 0.5) is 5.95 Å². The van der Waals surface area contributed by atoms with Crippen LogP contribution in [-0.2, 0) is 26.4 Å². The molecule has 0 saturated carbocycles. The van der Waals surface area contributed by atoms with Gasteiger partial charge in [0, 0.05) is 44.6 Å². The van der Waals surface area contributed by atoms with Gasteiger partial charge >= 0.3 is 5.97 Å². The number of benzene rings is 1. The Hall–Kier alpha value is -3.01. The first-order chi connectivity index (χ1) is 14.1. The van der Waals surface area contributed by atoms with E-state index in [0.29, 0.717) is 63.7 Å². The number of aromatic nitrogens is 4. The Morgan fingerprint density at radius 2 is 1.86 bits per heavy atom. The second kappa shape index (κ2) is 7.11. The van der Waals surface area contributed by atoms with Gasteiger partial charge in [0.15, 0.2) is 0 Å². The fourth-order valence-electron chi connectivity index (χ4n) is 4.25. The molecule has 2 saturated heterocycles. The van der Waals surface area contributed by atoms with Gasteiger partial charge in [-0.15, -0.1) is 5.10 Å². The standard InChI is InChI=1S/C19H22N6O4/c26-16(13-25-21-18(20-22-25)24-9-11-28-12-10-24)23-7-5-19(6-8-23)15-4-2-1-3-14(15)17(27)29-19/h1-4H,5-13H2. The minimum Gasteiger partial charge on any atom is -0.450 e. The average Bonchev–Trinajstić information content (AvgIpc) is 3.33. The van der Waals surface area contributed by atoms with E-state index in [-0.39, 0.29) is 18.4 Å². The van der Waals surface area contributed by atoms with Gasteiger partial charge in [-0.05, 0) is 11.3 Å². The van der Waals surface area contributed by atoms with Crippen molar-refractivity contribution in [1.82, 2.24) is 25.1 Å². The van der Waals surface area contributed by atoms with E-state index in [1.807, 2.05) is 23.1 Å². The molecule has 0 aliphatic carbocycles. The summed E-state index contributed by atoms with van der Waals surface area (Å²) in [5.74, 6) is 0.180. The smallest absolute Gasteiger partial charge is 0.339 e. The molecular formula is C19H22N6O4. The molecule has 3 aliphatic rings. The summed E-state index contributed by atoms with van der Waals surface area (Å²) in [5, 5.41) is 12.4. The van der Waals surface area contributed by atoms with Crippen molar-refractivity contribution >= 4 is 17.8 Å². The van der Waals surface area contributed by atoms with Crippen molar-refractivity contribution in [2.24, 2.45) is 0 Å². The van der Waals surface area contributed by atoms with E-state index in [1.54, 1.807) is 11.0 Å². The molecule has 1 aromatic carbocycles. The van der Waals surface area contributed by atoms with Crippen molar-refractivity contribution in [1.29, 1.82) is 0 Å². The molecule has 0 radical (unpaired) electrons. The lowest BCUT2D eigenvalue weighted by Crippen LogP contribution is -2.46. The molecule has 2 aromatic rings. The predicted molar refractivity (Wildman–Crippen MR) is 100 cm³/mol. The molecule has 1 spiro atoms. The van der Waals surface area contributed by atoms with Gasteiger partial charge in [0.1, 0.15) is 12.1 Å². The number of anilines is 1. The van der Waals surface area contributed by atoms with Crippen LogP contribution in [0.5, 0.6) is 0 Å². The van der Waals surface area contributed by atoms with Crippen LogP contribution >= 0.6 is 0 Å². The van der Waals surface area contributed by atoms with Crippen molar-refractivity contribution in [3.8, 4) is 0 Å². The minimum atomic E-state index is -0.612. The van der Waals surface area contributed by atoms with Crippen LogP contribution in [0.1, 0.15) is 28.8 Å². The summed E-state index contributed by atoms with van der Waals surface area (Å²) in [6, 6.07) is 7.51. The third kappa shape index (κ3) is 3.23. The van der Waals surface area contributed by atoms with Crippen LogP contribution in [0, 0.1) is 0 Å². The summed E-state index contributed by atoms with van der Waals surface area (Å²) in [6.45, 7) is 3.78. The number of carbonyl (C=O) groups is 2. The van der Waals surface area contributed by atoms with Gasteiger partial charge in [-0.2, -0.15) is 4.80 Å². The number of fused-ring (bicyclic) bond motifs is 2. The van der Waals surface area contributed by atoms with Gasteiger partial charge in [0.25, 0.3) is 5.95 Å². The van der Waals surface area contributed by atoms with Gasteiger partial charge in [0.2, 0.25) is 5.91 Å². The second-order valence-electron chi connectivity index (χ2n) is 7.53. The highest BCUT2D eigenvalue weighted by Gasteiger charge is 2.47. The minimum absolute atomic E-state index is 0.0424. The number of nitrogens with zero attached hydrogens (tertiary/aromatic N) is 6. The molecule has 152 valence electrons. The average molecular weight is 398 g/mol. The lowest BCUT2D eigenvalue weighted by atomic mass is 9.84. The van der Waals surface area contributed by atoms with Crippen LogP contribution in [0.2, 0.25) is 0 Å². The Balaban J connectivity index is 1.21. The number of hydrogen-bond donors (Lipinski definition) is 0. The molecule has 2 fully saturated rings. The molecule has 0 atom stereocenters. The van der Waals surface area contributed by atoms with E-state index in [4.69, 9.17) is 9.47 Å². The van der Waals surface area contributed by atoms with Gasteiger partial charge in [-0.3, -0.25) is 4.79 Å². The van der Waals surface area contributed by atoms with Crippen LogP contribution in [-0.4, -0.2) is 76.4 Å². The highest BCUT2D eigenvalue weighted by atomic mass is 16.6. The van der Waals surface area contributed by atoms with E-state index in [0.717, 1.165) is 5.56 Å². The van der Waals surface area contributed by atoms with Gasteiger partial charge in [-0.1, -0.05) is 23.3 Å². The maximum Gasteiger partial charge on any atom is 0.339 e. The van der Waals surface area contributed by atoms with E-state index < -0.39 is 5.60 Å². The maximum atomic E-state index is 12.7. The zero-order valence-electron chi connectivity index (χ0n) is 16.0. The van der Waals surface area contributed by atoms with E-state index >= 15 is 0 Å². The lowest BCUT2D eigenvalue weighted by Gasteiger charge is -2.38. The van der Waals surface area contributed by atoms with Crippen LogP contribution < -0.4 is 4.90 Å². The molecule has 4 heterocycles.